The molecule has 2 aromatic heterocycles. The van der Waals surface area contributed by atoms with Gasteiger partial charge < -0.3 is 4.74 Å². The van der Waals surface area contributed by atoms with Gasteiger partial charge in [0.05, 0.1) is 11.3 Å². The van der Waals surface area contributed by atoms with Crippen molar-refractivity contribution in [3.8, 4) is 5.75 Å². The largest absolute Gasteiger partial charge is 0.573 e. The Morgan fingerprint density at radius 1 is 1.21 bits per heavy atom. The summed E-state index contributed by atoms with van der Waals surface area (Å²) in [6.45, 7) is 1.73. The lowest BCUT2D eigenvalue weighted by Gasteiger charge is -2.27. The van der Waals surface area contributed by atoms with Crippen molar-refractivity contribution in [1.29, 1.82) is 0 Å². The van der Waals surface area contributed by atoms with Gasteiger partial charge in [-0.2, -0.15) is 0 Å². The molecule has 0 amide bonds. The zero-order valence-electron chi connectivity index (χ0n) is 15.5. The molecule has 0 atom stereocenters. The number of ether oxygens (including phenoxy) is 1. The van der Waals surface area contributed by atoms with Gasteiger partial charge in [-0.15, -0.1) is 13.2 Å². The number of aromatic amines is 1. The molecule has 1 aromatic carbocycles. The van der Waals surface area contributed by atoms with E-state index in [0.29, 0.717) is 36.6 Å². The first-order valence-corrected chi connectivity index (χ1v) is 9.56. The van der Waals surface area contributed by atoms with Gasteiger partial charge in [-0.25, -0.2) is 9.50 Å². The van der Waals surface area contributed by atoms with E-state index in [1.807, 2.05) is 6.07 Å². The molecule has 0 bridgehead atoms. The van der Waals surface area contributed by atoms with Crippen molar-refractivity contribution in [3.63, 3.8) is 0 Å². The normalized spacial score (nSPS) is 17.5. The number of fused-ring (bicyclic) bond motifs is 2. The second-order valence-electron chi connectivity index (χ2n) is 7.67. The summed E-state index contributed by atoms with van der Waals surface area (Å²) < 4.78 is 42.3. The smallest absolute Gasteiger partial charge is 0.406 e. The fourth-order valence-corrected chi connectivity index (χ4v) is 3.85. The van der Waals surface area contributed by atoms with Crippen LogP contribution in [0.1, 0.15) is 41.3 Å². The van der Waals surface area contributed by atoms with E-state index in [4.69, 9.17) is 0 Å². The molecule has 0 spiro atoms. The molecule has 1 N–H and O–H groups in total. The summed E-state index contributed by atoms with van der Waals surface area (Å²) in [6.07, 6.45) is -1.75. The highest BCUT2D eigenvalue weighted by molar-refractivity contribution is 5.44. The maximum atomic E-state index is 12.9. The van der Waals surface area contributed by atoms with Crippen molar-refractivity contribution in [2.45, 2.75) is 44.6 Å². The van der Waals surface area contributed by atoms with Crippen molar-refractivity contribution in [3.05, 3.63) is 63.2 Å². The maximum Gasteiger partial charge on any atom is 0.573 e. The molecule has 29 heavy (non-hydrogen) atoms. The Labute approximate surface area is 163 Å². The molecule has 1 aliphatic carbocycles. The number of rotatable bonds is 4. The molecule has 1 fully saturated rings. The molecule has 0 radical (unpaired) electrons. The van der Waals surface area contributed by atoms with Crippen LogP contribution in [0, 0.1) is 0 Å². The molecule has 3 heterocycles. The number of H-pyrrole nitrogens is 1. The third-order valence-corrected chi connectivity index (χ3v) is 5.44. The monoisotopic (exact) mass is 404 g/mol. The minimum Gasteiger partial charge on any atom is -0.406 e. The number of halogens is 3. The maximum absolute atomic E-state index is 12.9. The van der Waals surface area contributed by atoms with Crippen molar-refractivity contribution in [2.24, 2.45) is 0 Å². The van der Waals surface area contributed by atoms with Crippen LogP contribution in [-0.4, -0.2) is 32.4 Å². The Bertz CT molecular complexity index is 1110. The molecule has 2 aliphatic rings. The lowest BCUT2D eigenvalue weighted by atomic mass is 10.1. The van der Waals surface area contributed by atoms with E-state index in [2.05, 4.69) is 19.7 Å². The first kappa shape index (κ1) is 18.2. The van der Waals surface area contributed by atoms with Crippen molar-refractivity contribution >= 4 is 5.65 Å². The van der Waals surface area contributed by atoms with E-state index in [-0.39, 0.29) is 11.3 Å². The molecular weight excluding hydrogens is 385 g/mol. The van der Waals surface area contributed by atoms with Crippen LogP contribution >= 0.6 is 0 Å². The fourth-order valence-electron chi connectivity index (χ4n) is 3.85. The number of nitrogens with zero attached hydrogens (tertiary/aromatic N) is 3. The van der Waals surface area contributed by atoms with E-state index in [1.165, 1.54) is 16.6 Å². The van der Waals surface area contributed by atoms with Gasteiger partial charge in [0.25, 0.3) is 5.56 Å². The average molecular weight is 404 g/mol. The predicted molar refractivity (Wildman–Crippen MR) is 98.7 cm³/mol. The second-order valence-corrected chi connectivity index (χ2v) is 7.67. The van der Waals surface area contributed by atoms with Gasteiger partial charge in [0.1, 0.15) is 5.75 Å². The van der Waals surface area contributed by atoms with E-state index in [1.54, 1.807) is 12.1 Å². The Morgan fingerprint density at radius 3 is 2.66 bits per heavy atom. The molecule has 3 aromatic rings. The number of benzene rings is 1. The van der Waals surface area contributed by atoms with Crippen LogP contribution in [0.3, 0.4) is 0 Å². The van der Waals surface area contributed by atoms with Gasteiger partial charge in [-0.3, -0.25) is 14.8 Å². The van der Waals surface area contributed by atoms with Gasteiger partial charge in [0, 0.05) is 43.7 Å². The molecule has 5 rings (SSSR count). The van der Waals surface area contributed by atoms with E-state index >= 15 is 0 Å². The molecule has 1 aliphatic heterocycles. The van der Waals surface area contributed by atoms with Crippen LogP contribution in [0.2, 0.25) is 0 Å². The second kappa shape index (κ2) is 6.62. The van der Waals surface area contributed by atoms with Crippen molar-refractivity contribution in [2.75, 3.05) is 6.54 Å². The van der Waals surface area contributed by atoms with Gasteiger partial charge in [0.15, 0.2) is 5.65 Å². The molecule has 0 unspecified atom stereocenters. The third kappa shape index (κ3) is 3.74. The molecule has 1 saturated carbocycles. The Kier molecular flexibility index (Phi) is 4.16. The van der Waals surface area contributed by atoms with Gasteiger partial charge in [-0.1, -0.05) is 12.1 Å². The van der Waals surface area contributed by atoms with Gasteiger partial charge in [0.2, 0.25) is 0 Å². The fraction of sp³-hybridized carbons (Fsp3) is 0.400. The lowest BCUT2D eigenvalue weighted by Crippen LogP contribution is -2.36. The van der Waals surface area contributed by atoms with E-state index in [9.17, 15) is 18.0 Å². The van der Waals surface area contributed by atoms with Crippen LogP contribution in [-0.2, 0) is 19.5 Å². The van der Waals surface area contributed by atoms with Crippen molar-refractivity contribution in [1.82, 2.24) is 19.5 Å². The lowest BCUT2D eigenvalue weighted by molar-refractivity contribution is -0.274. The SMILES string of the molecule is O=c1c2c(nc3cc(C4CC4)[nH]n13)CCN(Cc1ccc(OC(F)(F)F)cc1)C2. The summed E-state index contributed by atoms with van der Waals surface area (Å²) in [5.41, 5.74) is 4.03. The molecule has 0 saturated heterocycles. The number of hydrogen-bond donors (Lipinski definition) is 1. The van der Waals surface area contributed by atoms with Crippen LogP contribution in [0.4, 0.5) is 13.2 Å². The zero-order chi connectivity index (χ0) is 20.2. The first-order chi connectivity index (χ1) is 13.9. The van der Waals surface area contributed by atoms with Crippen molar-refractivity contribution < 1.29 is 17.9 Å². The summed E-state index contributed by atoms with van der Waals surface area (Å²) in [4.78, 5) is 19.7. The molecular formula is C20H19F3N4O2. The third-order valence-electron chi connectivity index (χ3n) is 5.44. The minimum atomic E-state index is -4.70. The highest BCUT2D eigenvalue weighted by Gasteiger charge is 2.31. The predicted octanol–water partition coefficient (Wildman–Crippen LogP) is 3.36. The Morgan fingerprint density at radius 2 is 1.97 bits per heavy atom. The zero-order valence-corrected chi connectivity index (χ0v) is 15.5. The van der Waals surface area contributed by atoms with Crippen LogP contribution < -0.4 is 10.3 Å². The quantitative estimate of drug-likeness (QED) is 0.725. The standard InChI is InChI=1S/C20H19F3N4O2/c21-20(22,23)29-14-5-1-12(2-6-14)10-26-8-7-16-15(11-26)19(28)27-18(24-16)9-17(25-27)13-3-4-13/h1-2,5-6,9,13,25H,3-4,7-8,10-11H2. The Balaban J connectivity index is 1.34. The topological polar surface area (TPSA) is 62.6 Å². The van der Waals surface area contributed by atoms with Crippen LogP contribution in [0.5, 0.6) is 5.75 Å². The van der Waals surface area contributed by atoms with E-state index in [0.717, 1.165) is 36.3 Å². The summed E-state index contributed by atoms with van der Waals surface area (Å²) in [7, 11) is 0. The van der Waals surface area contributed by atoms with Crippen LogP contribution in [0.25, 0.3) is 5.65 Å². The minimum absolute atomic E-state index is 0.0736. The highest BCUT2D eigenvalue weighted by atomic mass is 19.4. The number of aromatic nitrogens is 3. The first-order valence-electron chi connectivity index (χ1n) is 9.56. The van der Waals surface area contributed by atoms with Gasteiger partial charge in [-0.05, 0) is 30.5 Å². The summed E-state index contributed by atoms with van der Waals surface area (Å²) in [5, 5.41) is 3.18. The van der Waals surface area contributed by atoms with Crippen LogP contribution in [0.15, 0.2) is 35.1 Å². The molecule has 6 nitrogen and oxygen atoms in total. The molecule has 9 heteroatoms. The number of alkyl halides is 3. The number of nitrogens with one attached hydrogen (secondary N) is 1. The Hall–Kier alpha value is -2.81. The van der Waals surface area contributed by atoms with E-state index < -0.39 is 6.36 Å². The van der Waals surface area contributed by atoms with Gasteiger partial charge >= 0.3 is 6.36 Å². The highest BCUT2D eigenvalue weighted by Crippen LogP contribution is 2.39. The summed E-state index contributed by atoms with van der Waals surface area (Å²) in [6, 6.07) is 7.80. The average Bonchev–Trinajstić information content (AvgIpc) is 3.43. The summed E-state index contributed by atoms with van der Waals surface area (Å²) >= 11 is 0. The number of hydrogen-bond acceptors (Lipinski definition) is 4. The molecule has 152 valence electrons. The summed E-state index contributed by atoms with van der Waals surface area (Å²) in [5.74, 6) is 0.266.